The SMILES string of the molecule is CN1CC2(CNCCO2)COCC1=O. The summed E-state index contributed by atoms with van der Waals surface area (Å²) in [5.41, 5.74) is -0.334. The first-order valence-electron chi connectivity index (χ1n) is 4.88. The van der Waals surface area contributed by atoms with E-state index in [1.165, 1.54) is 0 Å². The van der Waals surface area contributed by atoms with Crippen LogP contribution in [0.3, 0.4) is 0 Å². The van der Waals surface area contributed by atoms with Crippen molar-refractivity contribution in [2.24, 2.45) is 0 Å². The molecule has 1 N–H and O–H groups in total. The number of amides is 1. The highest BCUT2D eigenvalue weighted by molar-refractivity contribution is 5.77. The Morgan fingerprint density at radius 3 is 3.14 bits per heavy atom. The fraction of sp³-hybridized carbons (Fsp3) is 0.889. The Morgan fingerprint density at radius 1 is 1.57 bits per heavy atom. The highest BCUT2D eigenvalue weighted by Gasteiger charge is 2.38. The summed E-state index contributed by atoms with van der Waals surface area (Å²) in [4.78, 5) is 13.0. The lowest BCUT2D eigenvalue weighted by molar-refractivity contribution is -0.133. The molecule has 2 aliphatic heterocycles. The van der Waals surface area contributed by atoms with Gasteiger partial charge < -0.3 is 19.7 Å². The van der Waals surface area contributed by atoms with E-state index >= 15 is 0 Å². The highest BCUT2D eigenvalue weighted by Crippen LogP contribution is 2.18. The molecule has 0 bridgehead atoms. The first kappa shape index (κ1) is 9.89. The molecule has 2 fully saturated rings. The molecule has 1 spiro atoms. The largest absolute Gasteiger partial charge is 0.369 e. The van der Waals surface area contributed by atoms with Crippen LogP contribution in [0.5, 0.6) is 0 Å². The van der Waals surface area contributed by atoms with E-state index in [1.54, 1.807) is 11.9 Å². The zero-order chi connectivity index (χ0) is 10.0. The first-order valence-corrected chi connectivity index (χ1v) is 4.88. The van der Waals surface area contributed by atoms with E-state index in [-0.39, 0.29) is 18.1 Å². The van der Waals surface area contributed by atoms with Gasteiger partial charge in [0.1, 0.15) is 12.2 Å². The molecule has 0 aliphatic carbocycles. The molecule has 1 amide bonds. The van der Waals surface area contributed by atoms with Crippen LogP contribution in [0.25, 0.3) is 0 Å². The van der Waals surface area contributed by atoms with E-state index in [0.29, 0.717) is 19.8 Å². The molecule has 5 heteroatoms. The molecule has 2 aliphatic rings. The molecule has 80 valence electrons. The van der Waals surface area contributed by atoms with E-state index in [0.717, 1.165) is 13.1 Å². The molecule has 2 rings (SSSR count). The number of rotatable bonds is 0. The van der Waals surface area contributed by atoms with Gasteiger partial charge in [-0.3, -0.25) is 4.79 Å². The third-order valence-electron chi connectivity index (χ3n) is 2.68. The quantitative estimate of drug-likeness (QED) is 0.535. The molecule has 2 saturated heterocycles. The van der Waals surface area contributed by atoms with Gasteiger partial charge >= 0.3 is 0 Å². The van der Waals surface area contributed by atoms with Gasteiger partial charge in [-0.05, 0) is 0 Å². The van der Waals surface area contributed by atoms with Crippen LogP contribution in [0.15, 0.2) is 0 Å². The summed E-state index contributed by atoms with van der Waals surface area (Å²) >= 11 is 0. The maximum atomic E-state index is 11.4. The maximum absolute atomic E-state index is 11.4. The van der Waals surface area contributed by atoms with Crippen molar-refractivity contribution in [3.63, 3.8) is 0 Å². The van der Waals surface area contributed by atoms with Gasteiger partial charge in [0.25, 0.3) is 0 Å². The molecule has 0 aromatic rings. The zero-order valence-electron chi connectivity index (χ0n) is 8.41. The number of morpholine rings is 1. The number of hydrogen-bond acceptors (Lipinski definition) is 4. The summed E-state index contributed by atoms with van der Waals surface area (Å²) in [5, 5.41) is 3.27. The van der Waals surface area contributed by atoms with Crippen LogP contribution in [-0.2, 0) is 14.3 Å². The van der Waals surface area contributed by atoms with E-state index in [4.69, 9.17) is 9.47 Å². The highest BCUT2D eigenvalue weighted by atomic mass is 16.5. The molecule has 1 unspecified atom stereocenters. The summed E-state index contributed by atoms with van der Waals surface area (Å²) < 4.78 is 11.0. The Bertz CT molecular complexity index is 226. The molecule has 0 saturated carbocycles. The van der Waals surface area contributed by atoms with Crippen molar-refractivity contribution in [2.45, 2.75) is 5.60 Å². The Kier molecular flexibility index (Phi) is 2.71. The smallest absolute Gasteiger partial charge is 0.248 e. The van der Waals surface area contributed by atoms with E-state index in [2.05, 4.69) is 5.32 Å². The fourth-order valence-corrected chi connectivity index (χ4v) is 1.90. The van der Waals surface area contributed by atoms with Crippen molar-refractivity contribution in [2.75, 3.05) is 46.5 Å². The second-order valence-electron chi connectivity index (χ2n) is 3.95. The van der Waals surface area contributed by atoms with Gasteiger partial charge in [0.15, 0.2) is 0 Å². The summed E-state index contributed by atoms with van der Waals surface area (Å²) in [5.74, 6) is 0.0241. The molecule has 5 nitrogen and oxygen atoms in total. The summed E-state index contributed by atoms with van der Waals surface area (Å²) in [6.07, 6.45) is 0. The van der Waals surface area contributed by atoms with Gasteiger partial charge in [-0.2, -0.15) is 0 Å². The Labute approximate surface area is 83.3 Å². The fourth-order valence-electron chi connectivity index (χ4n) is 1.90. The van der Waals surface area contributed by atoms with Crippen molar-refractivity contribution in [3.8, 4) is 0 Å². The van der Waals surface area contributed by atoms with Crippen molar-refractivity contribution in [3.05, 3.63) is 0 Å². The third kappa shape index (κ3) is 1.89. The van der Waals surface area contributed by atoms with E-state index < -0.39 is 0 Å². The van der Waals surface area contributed by atoms with Gasteiger partial charge in [0.2, 0.25) is 5.91 Å². The van der Waals surface area contributed by atoms with Crippen LogP contribution in [0.4, 0.5) is 0 Å². The van der Waals surface area contributed by atoms with Gasteiger partial charge in [-0.25, -0.2) is 0 Å². The van der Waals surface area contributed by atoms with Crippen molar-refractivity contribution in [1.29, 1.82) is 0 Å². The lowest BCUT2D eigenvalue weighted by Crippen LogP contribution is -2.57. The van der Waals surface area contributed by atoms with Crippen molar-refractivity contribution in [1.82, 2.24) is 10.2 Å². The van der Waals surface area contributed by atoms with Gasteiger partial charge in [0.05, 0.1) is 19.8 Å². The number of ether oxygens (including phenoxy) is 2. The zero-order valence-corrected chi connectivity index (χ0v) is 8.41. The Hall–Kier alpha value is -0.650. The number of carbonyl (C=O) groups is 1. The minimum Gasteiger partial charge on any atom is -0.369 e. The standard InChI is InChI=1S/C9H16N2O3/c1-11-6-9(5-10-2-3-14-9)7-13-4-8(11)12/h10H,2-7H2,1H3. The van der Waals surface area contributed by atoms with Crippen LogP contribution >= 0.6 is 0 Å². The molecule has 0 aromatic heterocycles. The molecule has 14 heavy (non-hydrogen) atoms. The normalized spacial score (nSPS) is 34.6. The average molecular weight is 200 g/mol. The number of hydrogen-bond donors (Lipinski definition) is 1. The van der Waals surface area contributed by atoms with E-state index in [9.17, 15) is 4.79 Å². The molecular weight excluding hydrogens is 184 g/mol. The predicted octanol–water partition coefficient (Wildman–Crippen LogP) is -1.17. The molecule has 2 heterocycles. The minimum absolute atomic E-state index is 0.0241. The second kappa shape index (κ2) is 3.84. The van der Waals surface area contributed by atoms with Gasteiger partial charge in [-0.1, -0.05) is 0 Å². The minimum atomic E-state index is -0.334. The second-order valence-corrected chi connectivity index (χ2v) is 3.95. The Balaban J connectivity index is 2.06. The molecule has 1 atom stereocenters. The summed E-state index contributed by atoms with van der Waals surface area (Å²) in [6.45, 7) is 3.59. The van der Waals surface area contributed by atoms with Crippen molar-refractivity contribution < 1.29 is 14.3 Å². The Morgan fingerprint density at radius 2 is 2.43 bits per heavy atom. The number of carbonyl (C=O) groups excluding carboxylic acids is 1. The molecule has 0 radical (unpaired) electrons. The van der Waals surface area contributed by atoms with Crippen molar-refractivity contribution >= 4 is 5.91 Å². The van der Waals surface area contributed by atoms with Crippen LogP contribution in [0.1, 0.15) is 0 Å². The van der Waals surface area contributed by atoms with Crippen LogP contribution in [-0.4, -0.2) is 62.9 Å². The maximum Gasteiger partial charge on any atom is 0.248 e. The van der Waals surface area contributed by atoms with Gasteiger partial charge in [0, 0.05) is 20.1 Å². The predicted molar refractivity (Wildman–Crippen MR) is 50.0 cm³/mol. The third-order valence-corrected chi connectivity index (χ3v) is 2.68. The molecular formula is C9H16N2O3. The number of likely N-dealkylation sites (N-methyl/N-ethyl adjacent to an activating group) is 1. The monoisotopic (exact) mass is 200 g/mol. The van der Waals surface area contributed by atoms with Crippen LogP contribution < -0.4 is 5.32 Å². The van der Waals surface area contributed by atoms with Gasteiger partial charge in [-0.15, -0.1) is 0 Å². The molecule has 0 aromatic carbocycles. The first-order chi connectivity index (χ1) is 6.72. The van der Waals surface area contributed by atoms with Crippen LogP contribution in [0, 0.1) is 0 Å². The topological polar surface area (TPSA) is 50.8 Å². The summed E-state index contributed by atoms with van der Waals surface area (Å²) in [6, 6.07) is 0. The lowest BCUT2D eigenvalue weighted by atomic mass is 10.0. The number of nitrogens with one attached hydrogen (secondary N) is 1. The number of nitrogens with zero attached hydrogens (tertiary/aromatic N) is 1. The summed E-state index contributed by atoms with van der Waals surface area (Å²) in [7, 11) is 1.79. The average Bonchev–Trinajstić information content (AvgIpc) is 2.30. The van der Waals surface area contributed by atoms with Crippen LogP contribution in [0.2, 0.25) is 0 Å². The lowest BCUT2D eigenvalue weighted by Gasteiger charge is -2.37. The van der Waals surface area contributed by atoms with E-state index in [1.807, 2.05) is 0 Å².